The third kappa shape index (κ3) is 2.98. The number of para-hydroxylation sites is 1. The summed E-state index contributed by atoms with van der Waals surface area (Å²) in [7, 11) is -6.96. The number of hydrogen-bond acceptors (Lipinski definition) is 5. The Morgan fingerprint density at radius 2 is 2.00 bits per heavy atom. The van der Waals surface area contributed by atoms with Crippen LogP contribution in [0, 0.1) is 0 Å². The molecule has 124 valence electrons. The first-order valence-corrected chi connectivity index (χ1v) is 10.7. The highest BCUT2D eigenvalue weighted by atomic mass is 32.2. The lowest BCUT2D eigenvalue weighted by Crippen LogP contribution is -2.41. The summed E-state index contributed by atoms with van der Waals surface area (Å²) in [5, 5.41) is 0.740. The molecular weight excluding hydrogens is 336 g/mol. The predicted molar refractivity (Wildman–Crippen MR) is 88.4 cm³/mol. The van der Waals surface area contributed by atoms with Crippen LogP contribution in [-0.2, 0) is 19.9 Å². The van der Waals surface area contributed by atoms with E-state index in [1.54, 1.807) is 37.4 Å². The average Bonchev–Trinajstić information content (AvgIpc) is 2.87. The Morgan fingerprint density at radius 3 is 2.65 bits per heavy atom. The zero-order chi connectivity index (χ0) is 16.7. The molecule has 1 aromatic carbocycles. The van der Waals surface area contributed by atoms with Crippen LogP contribution in [0.2, 0.25) is 0 Å². The van der Waals surface area contributed by atoms with E-state index in [4.69, 9.17) is 0 Å². The van der Waals surface area contributed by atoms with Crippen molar-refractivity contribution in [3.8, 4) is 0 Å². The summed E-state index contributed by atoms with van der Waals surface area (Å²) in [4.78, 5) is 4.32. The lowest BCUT2D eigenvalue weighted by molar-refractivity contribution is 0.355. The lowest BCUT2D eigenvalue weighted by atomic mass is 10.2. The number of nitrogens with zero attached hydrogens (tertiary/aromatic N) is 2. The van der Waals surface area contributed by atoms with Crippen LogP contribution in [0.1, 0.15) is 13.3 Å². The van der Waals surface area contributed by atoms with Gasteiger partial charge in [0.1, 0.15) is 4.90 Å². The molecule has 0 N–H and O–H groups in total. The Bertz CT molecular complexity index is 934. The molecule has 2 heterocycles. The van der Waals surface area contributed by atoms with Gasteiger partial charge in [-0.05, 0) is 18.6 Å². The molecule has 1 aliphatic rings. The van der Waals surface area contributed by atoms with E-state index in [9.17, 15) is 16.8 Å². The molecule has 0 amide bonds. The SMILES string of the molecule is CCN([C@@H]1CCS(=O)(=O)C1)S(=O)(=O)c1cccc2cccnc12. The molecule has 1 fully saturated rings. The van der Waals surface area contributed by atoms with Gasteiger partial charge in [0.25, 0.3) is 0 Å². The summed E-state index contributed by atoms with van der Waals surface area (Å²) >= 11 is 0. The largest absolute Gasteiger partial charge is 0.255 e. The van der Waals surface area contributed by atoms with Gasteiger partial charge in [-0.3, -0.25) is 4.98 Å². The van der Waals surface area contributed by atoms with Crippen molar-refractivity contribution < 1.29 is 16.8 Å². The molecule has 23 heavy (non-hydrogen) atoms. The summed E-state index contributed by atoms with van der Waals surface area (Å²) < 4.78 is 50.8. The van der Waals surface area contributed by atoms with Crippen molar-refractivity contribution in [1.82, 2.24) is 9.29 Å². The molecule has 0 saturated carbocycles. The van der Waals surface area contributed by atoms with Crippen LogP contribution in [0.25, 0.3) is 10.9 Å². The standard InChI is InChI=1S/C15H18N2O4S2/c1-2-17(13-8-10-22(18,19)11-13)23(20,21)14-7-3-5-12-6-4-9-16-15(12)14/h3-7,9,13H,2,8,10-11H2,1H3/t13-/m1/s1. The Labute approximate surface area is 136 Å². The van der Waals surface area contributed by atoms with Crippen LogP contribution in [0.5, 0.6) is 0 Å². The number of hydrogen-bond donors (Lipinski definition) is 0. The molecule has 6 nitrogen and oxygen atoms in total. The van der Waals surface area contributed by atoms with E-state index in [-0.39, 0.29) is 22.9 Å². The molecule has 0 bridgehead atoms. The second-order valence-electron chi connectivity index (χ2n) is 5.60. The Hall–Kier alpha value is -1.51. The van der Waals surface area contributed by atoms with Crippen molar-refractivity contribution in [3.63, 3.8) is 0 Å². The molecule has 0 spiro atoms. The number of benzene rings is 1. The first-order valence-electron chi connectivity index (χ1n) is 7.41. The van der Waals surface area contributed by atoms with Crippen LogP contribution in [-0.4, -0.2) is 50.2 Å². The quantitative estimate of drug-likeness (QED) is 0.829. The number of pyridine rings is 1. The molecule has 3 rings (SSSR count). The summed E-state index contributed by atoms with van der Waals surface area (Å²) in [5.74, 6) is -0.0737. The Morgan fingerprint density at radius 1 is 1.26 bits per heavy atom. The fourth-order valence-electron chi connectivity index (χ4n) is 3.04. The van der Waals surface area contributed by atoms with Gasteiger partial charge in [-0.1, -0.05) is 25.1 Å². The first kappa shape index (κ1) is 16.4. The van der Waals surface area contributed by atoms with E-state index in [2.05, 4.69) is 4.98 Å². The summed E-state index contributed by atoms with van der Waals surface area (Å²) in [5.41, 5.74) is 0.411. The number of sulfone groups is 1. The van der Waals surface area contributed by atoms with E-state index in [0.29, 0.717) is 11.9 Å². The van der Waals surface area contributed by atoms with Gasteiger partial charge in [-0.15, -0.1) is 0 Å². The molecule has 1 aromatic heterocycles. The highest BCUT2D eigenvalue weighted by Crippen LogP contribution is 2.28. The second kappa shape index (κ2) is 5.85. The summed E-state index contributed by atoms with van der Waals surface area (Å²) in [6, 6.07) is 8.05. The van der Waals surface area contributed by atoms with Gasteiger partial charge in [-0.2, -0.15) is 4.31 Å². The number of sulfonamides is 1. The third-order valence-corrected chi connectivity index (χ3v) is 7.92. The van der Waals surface area contributed by atoms with Crippen LogP contribution < -0.4 is 0 Å². The van der Waals surface area contributed by atoms with Gasteiger partial charge in [0.2, 0.25) is 10.0 Å². The maximum atomic E-state index is 13.1. The van der Waals surface area contributed by atoms with Crippen molar-refractivity contribution >= 4 is 30.8 Å². The van der Waals surface area contributed by atoms with Gasteiger partial charge in [0.15, 0.2) is 9.84 Å². The monoisotopic (exact) mass is 354 g/mol. The van der Waals surface area contributed by atoms with Crippen molar-refractivity contribution in [2.45, 2.75) is 24.3 Å². The van der Waals surface area contributed by atoms with Crippen LogP contribution in [0.4, 0.5) is 0 Å². The average molecular weight is 354 g/mol. The zero-order valence-corrected chi connectivity index (χ0v) is 14.3. The Balaban J connectivity index is 2.09. The van der Waals surface area contributed by atoms with Crippen molar-refractivity contribution in [3.05, 3.63) is 36.5 Å². The van der Waals surface area contributed by atoms with Gasteiger partial charge in [0, 0.05) is 24.2 Å². The van der Waals surface area contributed by atoms with Crippen LogP contribution >= 0.6 is 0 Å². The summed E-state index contributed by atoms with van der Waals surface area (Å²) in [6.45, 7) is 1.95. The van der Waals surface area contributed by atoms with Gasteiger partial charge in [-0.25, -0.2) is 16.8 Å². The molecule has 1 atom stereocenters. The lowest BCUT2D eigenvalue weighted by Gasteiger charge is -2.26. The zero-order valence-electron chi connectivity index (χ0n) is 12.7. The van der Waals surface area contributed by atoms with Crippen molar-refractivity contribution in [2.75, 3.05) is 18.1 Å². The summed E-state index contributed by atoms with van der Waals surface area (Å²) in [6.07, 6.45) is 1.89. The molecule has 0 unspecified atom stereocenters. The maximum absolute atomic E-state index is 13.1. The first-order chi connectivity index (χ1) is 10.8. The molecule has 0 aliphatic carbocycles. The molecule has 8 heteroatoms. The minimum atomic E-state index is -3.80. The topological polar surface area (TPSA) is 84.4 Å². The minimum absolute atomic E-state index is 0.0392. The molecule has 1 aliphatic heterocycles. The second-order valence-corrected chi connectivity index (χ2v) is 9.68. The molecule has 0 radical (unpaired) electrons. The number of fused-ring (bicyclic) bond motifs is 1. The predicted octanol–water partition coefficient (Wildman–Crippen LogP) is 1.43. The smallest absolute Gasteiger partial charge is 0.245 e. The van der Waals surface area contributed by atoms with Gasteiger partial charge in [0.05, 0.1) is 17.0 Å². The normalized spacial score (nSPS) is 21.0. The molecular formula is C15H18N2O4S2. The number of aromatic nitrogens is 1. The van der Waals surface area contributed by atoms with E-state index >= 15 is 0 Å². The fraction of sp³-hybridized carbons (Fsp3) is 0.400. The van der Waals surface area contributed by atoms with E-state index in [1.807, 2.05) is 0 Å². The van der Waals surface area contributed by atoms with Gasteiger partial charge >= 0.3 is 0 Å². The third-order valence-electron chi connectivity index (χ3n) is 4.11. The van der Waals surface area contributed by atoms with E-state index in [1.165, 1.54) is 10.4 Å². The van der Waals surface area contributed by atoms with E-state index < -0.39 is 25.9 Å². The highest BCUT2D eigenvalue weighted by Gasteiger charge is 2.38. The molecule has 1 saturated heterocycles. The number of rotatable bonds is 4. The minimum Gasteiger partial charge on any atom is -0.255 e. The van der Waals surface area contributed by atoms with Crippen LogP contribution in [0.15, 0.2) is 41.4 Å². The van der Waals surface area contributed by atoms with Gasteiger partial charge < -0.3 is 0 Å². The molecule has 2 aromatic rings. The maximum Gasteiger partial charge on any atom is 0.245 e. The highest BCUT2D eigenvalue weighted by molar-refractivity contribution is 7.92. The van der Waals surface area contributed by atoms with Crippen molar-refractivity contribution in [1.29, 1.82) is 0 Å². The fourth-order valence-corrected chi connectivity index (χ4v) is 6.69. The Kier molecular flexibility index (Phi) is 4.16. The van der Waals surface area contributed by atoms with Crippen molar-refractivity contribution in [2.24, 2.45) is 0 Å². The van der Waals surface area contributed by atoms with Crippen LogP contribution in [0.3, 0.4) is 0 Å². The van der Waals surface area contributed by atoms with E-state index in [0.717, 1.165) is 5.39 Å².